The molecule has 0 amide bonds. The van der Waals surface area contributed by atoms with E-state index in [4.69, 9.17) is 16.3 Å². The van der Waals surface area contributed by atoms with E-state index in [1.54, 1.807) is 0 Å². The van der Waals surface area contributed by atoms with Crippen LogP contribution in [0.2, 0.25) is 5.02 Å². The molecule has 0 atom stereocenters. The second-order valence-electron chi connectivity index (χ2n) is 7.51. The molecule has 1 aliphatic rings. The van der Waals surface area contributed by atoms with Crippen molar-refractivity contribution in [2.45, 2.75) is 17.9 Å². The molecule has 170 valence electrons. The van der Waals surface area contributed by atoms with Gasteiger partial charge in [-0.15, -0.1) is 0 Å². The average molecular weight is 488 g/mol. The van der Waals surface area contributed by atoms with Gasteiger partial charge in [0.05, 0.1) is 10.6 Å². The fourth-order valence-electron chi connectivity index (χ4n) is 3.58. The Bertz CT molecular complexity index is 1320. The third kappa shape index (κ3) is 4.98. The van der Waals surface area contributed by atoms with Crippen molar-refractivity contribution in [2.75, 3.05) is 13.2 Å². The highest BCUT2D eigenvalue weighted by atomic mass is 35.5. The van der Waals surface area contributed by atoms with Gasteiger partial charge >= 0.3 is 5.97 Å². The van der Waals surface area contributed by atoms with Crippen molar-refractivity contribution >= 4 is 33.4 Å². The maximum Gasteiger partial charge on any atom is 0.338 e. The monoisotopic (exact) mass is 487 g/mol. The lowest BCUT2D eigenvalue weighted by Gasteiger charge is -2.28. The number of esters is 1. The normalized spacial score (nSPS) is 13.9. The molecule has 3 aromatic rings. The number of benzene rings is 3. The first-order valence-electron chi connectivity index (χ1n) is 10.1. The predicted molar refractivity (Wildman–Crippen MR) is 120 cm³/mol. The molecule has 4 rings (SSSR count). The third-order valence-corrected chi connectivity index (χ3v) is 7.71. The van der Waals surface area contributed by atoms with Gasteiger partial charge in [0, 0.05) is 18.7 Å². The maximum absolute atomic E-state index is 13.3. The Morgan fingerprint density at radius 2 is 1.64 bits per heavy atom. The first kappa shape index (κ1) is 23.1. The molecule has 9 heteroatoms. The van der Waals surface area contributed by atoms with Crippen molar-refractivity contribution in [2.24, 2.45) is 0 Å². The standard InChI is InChI=1S/C24H19ClFNO5S/c25-21-10-7-18(24(29)32-15-22(28)17-5-8-20(26)9-6-17)13-23(21)33(30,31)27-12-11-16-3-1-2-4-19(16)14-27/h1-10,13H,11-12,14-15H2. The van der Waals surface area contributed by atoms with Crippen LogP contribution in [0.4, 0.5) is 4.39 Å². The minimum absolute atomic E-state index is 0.0206. The van der Waals surface area contributed by atoms with E-state index in [0.717, 1.165) is 29.3 Å². The molecule has 0 aliphatic carbocycles. The molecule has 3 aromatic carbocycles. The molecule has 1 aliphatic heterocycles. The summed E-state index contributed by atoms with van der Waals surface area (Å²) in [5.41, 5.74) is 2.15. The summed E-state index contributed by atoms with van der Waals surface area (Å²) < 4.78 is 45.9. The van der Waals surface area contributed by atoms with Gasteiger partial charge in [-0.05, 0) is 60.0 Å². The fraction of sp³-hybridized carbons (Fsp3) is 0.167. The molecule has 0 fully saturated rings. The van der Waals surface area contributed by atoms with E-state index in [1.165, 1.54) is 28.6 Å². The zero-order valence-corrected chi connectivity index (χ0v) is 18.9. The lowest BCUT2D eigenvalue weighted by atomic mass is 10.0. The number of ether oxygens (including phenoxy) is 1. The van der Waals surface area contributed by atoms with Crippen LogP contribution in [0.5, 0.6) is 0 Å². The first-order chi connectivity index (χ1) is 15.8. The number of Topliss-reactive ketones (excluding diaryl/α,β-unsaturated/α-hetero) is 1. The zero-order chi connectivity index (χ0) is 23.6. The van der Waals surface area contributed by atoms with Gasteiger partial charge in [0.25, 0.3) is 0 Å². The molecule has 1 heterocycles. The molecule has 0 unspecified atom stereocenters. The van der Waals surface area contributed by atoms with Gasteiger partial charge in [-0.25, -0.2) is 17.6 Å². The molecule has 0 saturated carbocycles. The van der Waals surface area contributed by atoms with E-state index in [-0.39, 0.29) is 34.1 Å². The van der Waals surface area contributed by atoms with Crippen molar-refractivity contribution in [1.82, 2.24) is 4.31 Å². The van der Waals surface area contributed by atoms with Crippen LogP contribution >= 0.6 is 11.6 Å². The van der Waals surface area contributed by atoms with Crippen molar-refractivity contribution < 1.29 is 27.1 Å². The van der Waals surface area contributed by atoms with Gasteiger partial charge in [-0.2, -0.15) is 4.31 Å². The number of rotatable bonds is 6. The first-order valence-corrected chi connectivity index (χ1v) is 11.9. The highest BCUT2D eigenvalue weighted by Crippen LogP contribution is 2.30. The number of hydrogen-bond acceptors (Lipinski definition) is 5. The Kier molecular flexibility index (Phi) is 6.60. The van der Waals surface area contributed by atoms with Crippen LogP contribution in [-0.2, 0) is 27.7 Å². The molecule has 0 bridgehead atoms. The van der Waals surface area contributed by atoms with Crippen LogP contribution in [0.25, 0.3) is 0 Å². The second-order valence-corrected chi connectivity index (χ2v) is 9.82. The van der Waals surface area contributed by atoms with Crippen LogP contribution in [0, 0.1) is 5.82 Å². The van der Waals surface area contributed by atoms with Gasteiger partial charge in [0.1, 0.15) is 10.7 Å². The number of halogens is 2. The predicted octanol–water partition coefficient (Wildman–Crippen LogP) is 4.27. The molecule has 0 saturated heterocycles. The lowest BCUT2D eigenvalue weighted by molar-refractivity contribution is 0.0474. The number of sulfonamides is 1. The van der Waals surface area contributed by atoms with E-state index >= 15 is 0 Å². The third-order valence-electron chi connectivity index (χ3n) is 5.38. The molecule has 6 nitrogen and oxygen atoms in total. The van der Waals surface area contributed by atoms with E-state index in [9.17, 15) is 22.4 Å². The van der Waals surface area contributed by atoms with Crippen LogP contribution in [0.3, 0.4) is 0 Å². The topological polar surface area (TPSA) is 80.8 Å². The minimum Gasteiger partial charge on any atom is -0.454 e. The van der Waals surface area contributed by atoms with Crippen LogP contribution < -0.4 is 0 Å². The number of nitrogens with zero attached hydrogens (tertiary/aromatic N) is 1. The summed E-state index contributed by atoms with van der Waals surface area (Å²) in [6.07, 6.45) is 0.570. The lowest BCUT2D eigenvalue weighted by Crippen LogP contribution is -2.36. The zero-order valence-electron chi connectivity index (χ0n) is 17.3. The number of fused-ring (bicyclic) bond motifs is 1. The largest absolute Gasteiger partial charge is 0.454 e. The van der Waals surface area contributed by atoms with Gasteiger partial charge in [-0.3, -0.25) is 4.79 Å². The van der Waals surface area contributed by atoms with E-state index in [1.807, 2.05) is 24.3 Å². The molecule has 0 spiro atoms. The van der Waals surface area contributed by atoms with E-state index < -0.39 is 34.2 Å². The summed E-state index contributed by atoms with van der Waals surface area (Å²) in [5.74, 6) is -1.88. The summed E-state index contributed by atoms with van der Waals surface area (Å²) >= 11 is 6.18. The molecular weight excluding hydrogens is 469 g/mol. The second kappa shape index (κ2) is 9.43. The van der Waals surface area contributed by atoms with E-state index in [2.05, 4.69) is 0 Å². The summed E-state index contributed by atoms with van der Waals surface area (Å²) in [6, 6.07) is 16.2. The van der Waals surface area contributed by atoms with Gasteiger partial charge in [0.15, 0.2) is 12.4 Å². The smallest absolute Gasteiger partial charge is 0.338 e. The van der Waals surface area contributed by atoms with Crippen LogP contribution in [0.1, 0.15) is 31.8 Å². The Balaban J connectivity index is 1.50. The maximum atomic E-state index is 13.3. The minimum atomic E-state index is -3.98. The Morgan fingerprint density at radius 1 is 0.970 bits per heavy atom. The molecule has 0 radical (unpaired) electrons. The average Bonchev–Trinajstić information content (AvgIpc) is 2.82. The summed E-state index contributed by atoms with van der Waals surface area (Å²) in [4.78, 5) is 24.4. The highest BCUT2D eigenvalue weighted by molar-refractivity contribution is 7.89. The van der Waals surface area contributed by atoms with Gasteiger partial charge in [0.2, 0.25) is 10.0 Å². The molecule has 33 heavy (non-hydrogen) atoms. The Hall–Kier alpha value is -3.07. The molecule has 0 aromatic heterocycles. The Morgan fingerprint density at radius 3 is 2.36 bits per heavy atom. The van der Waals surface area contributed by atoms with Crippen molar-refractivity contribution in [1.29, 1.82) is 0 Å². The van der Waals surface area contributed by atoms with Crippen molar-refractivity contribution in [3.05, 3.63) is 99.8 Å². The summed E-state index contributed by atoms with van der Waals surface area (Å²) in [6.45, 7) is -0.0791. The molecular formula is C24H19ClFNO5S. The SMILES string of the molecule is O=C(COC(=O)c1ccc(Cl)c(S(=O)(=O)N2CCc3ccccc3C2)c1)c1ccc(F)cc1. The number of carbonyl (C=O) groups excluding carboxylic acids is 2. The van der Waals surface area contributed by atoms with Gasteiger partial charge < -0.3 is 4.74 Å². The molecule has 0 N–H and O–H groups in total. The van der Waals surface area contributed by atoms with E-state index in [0.29, 0.717) is 6.42 Å². The fourth-order valence-corrected chi connectivity index (χ4v) is 5.49. The Labute approximate surface area is 195 Å². The number of carbonyl (C=O) groups is 2. The highest BCUT2D eigenvalue weighted by Gasteiger charge is 2.30. The van der Waals surface area contributed by atoms with Crippen LogP contribution in [-0.4, -0.2) is 37.6 Å². The van der Waals surface area contributed by atoms with Crippen LogP contribution in [0.15, 0.2) is 71.6 Å². The van der Waals surface area contributed by atoms with Gasteiger partial charge in [-0.1, -0.05) is 35.9 Å². The number of ketones is 1. The number of hydrogen-bond donors (Lipinski definition) is 0. The quantitative estimate of drug-likeness (QED) is 0.383. The van der Waals surface area contributed by atoms with Crippen molar-refractivity contribution in [3.8, 4) is 0 Å². The summed E-state index contributed by atoms with van der Waals surface area (Å²) in [7, 11) is -3.98. The summed E-state index contributed by atoms with van der Waals surface area (Å²) in [5, 5.41) is -0.0206. The van der Waals surface area contributed by atoms with Crippen molar-refractivity contribution in [3.63, 3.8) is 0 Å².